The number of unbranched alkanes of at least 4 members (excludes halogenated alkanes) is 11. The third-order valence-electron chi connectivity index (χ3n) is 5.83. The predicted molar refractivity (Wildman–Crippen MR) is 136 cm³/mol. The van der Waals surface area contributed by atoms with Crippen LogP contribution in [0, 0.1) is 5.92 Å². The molecule has 0 saturated heterocycles. The second kappa shape index (κ2) is 27.4. The van der Waals surface area contributed by atoms with Crippen molar-refractivity contribution in [2.75, 3.05) is 32.8 Å². The van der Waals surface area contributed by atoms with E-state index < -0.39 is 0 Å². The van der Waals surface area contributed by atoms with Crippen molar-refractivity contribution >= 4 is 5.97 Å². The van der Waals surface area contributed by atoms with Crippen LogP contribution in [0.15, 0.2) is 0 Å². The minimum Gasteiger partial charge on any atom is -0.465 e. The molecule has 0 rings (SSSR count). The number of ether oxygens (including phenoxy) is 1. The molecule has 0 radical (unpaired) electrons. The van der Waals surface area contributed by atoms with Gasteiger partial charge in [-0.3, -0.25) is 4.79 Å². The molecule has 0 aliphatic rings. The maximum Gasteiger partial charge on any atom is 0.308 e. The summed E-state index contributed by atoms with van der Waals surface area (Å²) in [6.07, 6.45) is 18.4. The van der Waals surface area contributed by atoms with Crippen LogP contribution in [0.5, 0.6) is 0 Å². The number of likely N-dealkylation sites (N-methyl/N-ethyl adjacent to an activating group) is 1. The minimum absolute atomic E-state index is 0.0175. The van der Waals surface area contributed by atoms with Gasteiger partial charge in [0.2, 0.25) is 0 Å². The molecule has 188 valence electrons. The Labute approximate surface area is 195 Å². The van der Waals surface area contributed by atoms with Crippen molar-refractivity contribution in [3.05, 3.63) is 0 Å². The van der Waals surface area contributed by atoms with Gasteiger partial charge in [0.1, 0.15) is 0 Å². The van der Waals surface area contributed by atoms with Crippen LogP contribution in [-0.4, -0.2) is 48.8 Å². The van der Waals surface area contributed by atoms with E-state index in [2.05, 4.69) is 32.6 Å². The highest BCUT2D eigenvalue weighted by Crippen LogP contribution is 2.13. The van der Waals surface area contributed by atoms with Crippen molar-refractivity contribution in [2.45, 2.75) is 131 Å². The van der Waals surface area contributed by atoms with Crippen molar-refractivity contribution < 1.29 is 14.6 Å². The van der Waals surface area contributed by atoms with Crippen LogP contribution in [0.25, 0.3) is 0 Å². The van der Waals surface area contributed by atoms with E-state index in [1.54, 1.807) is 0 Å². The van der Waals surface area contributed by atoms with Gasteiger partial charge in [-0.15, -0.1) is 0 Å². The Bertz CT molecular complexity index is 347. The summed E-state index contributed by atoms with van der Waals surface area (Å²) in [5, 5.41) is 8.97. The number of rotatable bonds is 21. The molecule has 0 fully saturated rings. The predicted octanol–water partition coefficient (Wildman–Crippen LogP) is 7.38. The van der Waals surface area contributed by atoms with Crippen LogP contribution < -0.4 is 0 Å². The lowest BCUT2D eigenvalue weighted by Crippen LogP contribution is -2.27. The van der Waals surface area contributed by atoms with Gasteiger partial charge in [0.25, 0.3) is 0 Å². The van der Waals surface area contributed by atoms with Crippen molar-refractivity contribution in [3.63, 3.8) is 0 Å². The molecule has 0 saturated carbocycles. The summed E-state index contributed by atoms with van der Waals surface area (Å²) in [7, 11) is 0. The first-order valence-electron chi connectivity index (χ1n) is 13.6. The molecule has 0 heterocycles. The van der Waals surface area contributed by atoms with Crippen LogP contribution in [0.1, 0.15) is 131 Å². The van der Waals surface area contributed by atoms with Gasteiger partial charge >= 0.3 is 5.97 Å². The molecule has 0 aliphatic heterocycles. The summed E-state index contributed by atoms with van der Waals surface area (Å²) in [4.78, 5) is 14.3. The minimum atomic E-state index is -0.0175. The molecule has 1 unspecified atom stereocenters. The normalized spacial score (nSPS) is 11.8. The zero-order valence-corrected chi connectivity index (χ0v) is 21.9. The molecular weight excluding hydrogens is 386 g/mol. The van der Waals surface area contributed by atoms with E-state index in [-0.39, 0.29) is 18.5 Å². The average molecular weight is 444 g/mol. The van der Waals surface area contributed by atoms with Crippen molar-refractivity contribution in [1.29, 1.82) is 0 Å². The van der Waals surface area contributed by atoms with Crippen LogP contribution in [-0.2, 0) is 9.53 Å². The van der Waals surface area contributed by atoms with E-state index in [1.165, 1.54) is 77.0 Å². The van der Waals surface area contributed by atoms with Gasteiger partial charge in [0.05, 0.1) is 19.1 Å². The topological polar surface area (TPSA) is 49.8 Å². The fourth-order valence-electron chi connectivity index (χ4n) is 3.55. The average Bonchev–Trinajstić information content (AvgIpc) is 2.77. The lowest BCUT2D eigenvalue weighted by Gasteiger charge is -2.18. The number of aliphatic hydroxyl groups excluding tert-OH is 1. The molecule has 0 aromatic rings. The Morgan fingerprint density at radius 3 is 1.84 bits per heavy atom. The Morgan fingerprint density at radius 1 is 0.742 bits per heavy atom. The SMILES string of the molecule is CCCCC.CCCCCCCCCOC(=O)C(C)CCCCCCN(CC)CCO. The van der Waals surface area contributed by atoms with Gasteiger partial charge in [-0.2, -0.15) is 0 Å². The number of carbonyl (C=O) groups is 1. The summed E-state index contributed by atoms with van der Waals surface area (Å²) in [6.45, 7) is 14.5. The van der Waals surface area contributed by atoms with Gasteiger partial charge < -0.3 is 14.7 Å². The molecule has 0 aliphatic carbocycles. The monoisotopic (exact) mass is 443 g/mol. The molecule has 1 atom stereocenters. The first-order chi connectivity index (χ1) is 15.1. The number of aliphatic hydroxyl groups is 1. The van der Waals surface area contributed by atoms with Gasteiger partial charge in [0.15, 0.2) is 0 Å². The van der Waals surface area contributed by atoms with E-state index in [1.807, 2.05) is 6.92 Å². The molecule has 4 heteroatoms. The third-order valence-corrected chi connectivity index (χ3v) is 5.83. The Kier molecular flexibility index (Phi) is 28.8. The standard InChI is InChI=1S/C22H45NO3.C5H12/c1-4-6-7-8-9-12-15-20-26-22(25)21(3)16-13-10-11-14-17-23(5-2)18-19-24;1-3-5-4-2/h21,24H,4-20H2,1-3H3;3-5H2,1-2H3. The second-order valence-electron chi connectivity index (χ2n) is 8.90. The van der Waals surface area contributed by atoms with Crippen LogP contribution >= 0.6 is 0 Å². The summed E-state index contributed by atoms with van der Waals surface area (Å²) >= 11 is 0. The Morgan fingerprint density at radius 2 is 1.29 bits per heavy atom. The van der Waals surface area contributed by atoms with E-state index in [9.17, 15) is 4.79 Å². The lowest BCUT2D eigenvalue weighted by molar-refractivity contribution is -0.148. The number of hydrogen-bond donors (Lipinski definition) is 1. The summed E-state index contributed by atoms with van der Waals surface area (Å²) in [5.74, 6) is 0.0113. The summed E-state index contributed by atoms with van der Waals surface area (Å²) in [5.41, 5.74) is 0. The quantitative estimate of drug-likeness (QED) is 0.148. The van der Waals surface area contributed by atoms with E-state index >= 15 is 0 Å². The second-order valence-corrected chi connectivity index (χ2v) is 8.90. The first kappa shape index (κ1) is 32.6. The van der Waals surface area contributed by atoms with E-state index in [4.69, 9.17) is 9.84 Å². The first-order valence-corrected chi connectivity index (χ1v) is 13.6. The molecule has 0 amide bonds. The molecule has 0 aromatic heterocycles. The zero-order chi connectivity index (χ0) is 23.6. The zero-order valence-electron chi connectivity index (χ0n) is 21.9. The highest BCUT2D eigenvalue weighted by atomic mass is 16.5. The largest absolute Gasteiger partial charge is 0.465 e. The van der Waals surface area contributed by atoms with Crippen LogP contribution in [0.2, 0.25) is 0 Å². The fraction of sp³-hybridized carbons (Fsp3) is 0.963. The number of hydrogen-bond acceptors (Lipinski definition) is 4. The number of nitrogens with zero attached hydrogens (tertiary/aromatic N) is 1. The van der Waals surface area contributed by atoms with Gasteiger partial charge in [0, 0.05) is 6.54 Å². The fourth-order valence-corrected chi connectivity index (χ4v) is 3.55. The molecular formula is C27H57NO3. The molecule has 31 heavy (non-hydrogen) atoms. The molecule has 0 spiro atoms. The maximum atomic E-state index is 12.0. The highest BCUT2D eigenvalue weighted by molar-refractivity contribution is 5.71. The van der Waals surface area contributed by atoms with Gasteiger partial charge in [-0.05, 0) is 32.4 Å². The van der Waals surface area contributed by atoms with Crippen LogP contribution in [0.3, 0.4) is 0 Å². The Hall–Kier alpha value is -0.610. The van der Waals surface area contributed by atoms with Gasteiger partial charge in [-0.25, -0.2) is 0 Å². The summed E-state index contributed by atoms with van der Waals surface area (Å²) in [6, 6.07) is 0. The lowest BCUT2D eigenvalue weighted by atomic mass is 10.0. The number of esters is 1. The maximum absolute atomic E-state index is 12.0. The van der Waals surface area contributed by atoms with Crippen molar-refractivity contribution in [1.82, 2.24) is 4.90 Å². The van der Waals surface area contributed by atoms with Crippen molar-refractivity contribution in [2.24, 2.45) is 5.92 Å². The molecule has 1 N–H and O–H groups in total. The smallest absolute Gasteiger partial charge is 0.308 e. The summed E-state index contributed by atoms with van der Waals surface area (Å²) < 4.78 is 5.41. The molecule has 0 aromatic carbocycles. The van der Waals surface area contributed by atoms with E-state index in [0.29, 0.717) is 6.61 Å². The Balaban J connectivity index is 0. The van der Waals surface area contributed by atoms with Crippen molar-refractivity contribution in [3.8, 4) is 0 Å². The highest BCUT2D eigenvalue weighted by Gasteiger charge is 2.13. The molecule has 4 nitrogen and oxygen atoms in total. The van der Waals surface area contributed by atoms with Crippen LogP contribution in [0.4, 0.5) is 0 Å². The van der Waals surface area contributed by atoms with E-state index in [0.717, 1.165) is 38.9 Å². The number of carbonyl (C=O) groups excluding carboxylic acids is 1. The molecule has 0 bridgehead atoms. The third kappa shape index (κ3) is 25.5. The van der Waals surface area contributed by atoms with Gasteiger partial charge in [-0.1, -0.05) is 112 Å².